The lowest BCUT2D eigenvalue weighted by atomic mass is 10.0. The number of anilines is 1. The predicted molar refractivity (Wildman–Crippen MR) is 149 cm³/mol. The number of pyridine rings is 1. The Kier molecular flexibility index (Phi) is 7.62. The van der Waals surface area contributed by atoms with Gasteiger partial charge in [0.25, 0.3) is 5.91 Å². The largest absolute Gasteiger partial charge is 0.415 e. The molecule has 1 fully saturated rings. The van der Waals surface area contributed by atoms with Gasteiger partial charge >= 0.3 is 6.18 Å². The second-order valence-electron chi connectivity index (χ2n) is 10.3. The molecule has 1 aliphatic rings. The standard InChI is InChI=1S/C29H26F4N8O2/c30-20-3-1-18(2-4-20)26-27(40(17-35-26)21-9-13-39(14-10-21)15-23(42)29(31,32)33)22-5-6-25-36-24(16-41(25)38-22)37-28(43)19-7-11-34-12-8-19/h1-8,11-12,16-17,21,23,42H,9-10,13-15H2,(H,37,43). The molecule has 1 unspecified atom stereocenters. The van der Waals surface area contributed by atoms with Crippen molar-refractivity contribution in [2.24, 2.45) is 0 Å². The summed E-state index contributed by atoms with van der Waals surface area (Å²) < 4.78 is 55.8. The first-order valence-electron chi connectivity index (χ1n) is 13.5. The number of carbonyl (C=O) groups is 1. The number of β-amino-alcohol motifs (C(OH)–C–C–N with tert-alkyl or cyclic N) is 1. The van der Waals surface area contributed by atoms with E-state index in [4.69, 9.17) is 5.10 Å². The van der Waals surface area contributed by atoms with Gasteiger partial charge in [-0.05, 0) is 61.4 Å². The van der Waals surface area contributed by atoms with Crippen LogP contribution in [-0.4, -0.2) is 77.0 Å². The number of fused-ring (bicyclic) bond motifs is 1. The summed E-state index contributed by atoms with van der Waals surface area (Å²) in [5, 5.41) is 17.0. The van der Waals surface area contributed by atoms with Crippen LogP contribution in [-0.2, 0) is 0 Å². The van der Waals surface area contributed by atoms with Crippen LogP contribution in [0.4, 0.5) is 23.4 Å². The average molecular weight is 595 g/mol. The molecule has 6 rings (SSSR count). The third-order valence-corrected chi connectivity index (χ3v) is 7.42. The highest BCUT2D eigenvalue weighted by molar-refractivity contribution is 6.03. The lowest BCUT2D eigenvalue weighted by Gasteiger charge is -2.34. The van der Waals surface area contributed by atoms with E-state index < -0.39 is 24.6 Å². The van der Waals surface area contributed by atoms with Gasteiger partial charge in [0.2, 0.25) is 0 Å². The van der Waals surface area contributed by atoms with Crippen molar-refractivity contribution in [3.63, 3.8) is 0 Å². The normalized spacial score (nSPS) is 15.6. The van der Waals surface area contributed by atoms with E-state index in [0.29, 0.717) is 65.6 Å². The first-order chi connectivity index (χ1) is 20.7. The van der Waals surface area contributed by atoms with Gasteiger partial charge in [0.15, 0.2) is 17.6 Å². The molecular formula is C29H26F4N8O2. The number of piperidine rings is 1. The maximum atomic E-state index is 13.7. The molecule has 0 saturated carbocycles. The summed E-state index contributed by atoms with van der Waals surface area (Å²) in [6.07, 6.45) is 0.263. The smallest absolute Gasteiger partial charge is 0.382 e. The fraction of sp³-hybridized carbons (Fsp3) is 0.276. The fourth-order valence-electron chi connectivity index (χ4n) is 5.20. The van der Waals surface area contributed by atoms with Crippen molar-refractivity contribution in [2.75, 3.05) is 25.0 Å². The van der Waals surface area contributed by atoms with Gasteiger partial charge in [-0.2, -0.15) is 18.3 Å². The van der Waals surface area contributed by atoms with Crippen molar-refractivity contribution in [3.05, 3.63) is 84.8 Å². The van der Waals surface area contributed by atoms with Gasteiger partial charge in [-0.1, -0.05) is 0 Å². The zero-order valence-corrected chi connectivity index (χ0v) is 22.6. The third-order valence-electron chi connectivity index (χ3n) is 7.42. The molecule has 1 atom stereocenters. The molecule has 0 aliphatic carbocycles. The van der Waals surface area contributed by atoms with Crippen molar-refractivity contribution in [2.45, 2.75) is 31.2 Å². The Hall–Kier alpha value is -4.69. The molecule has 0 radical (unpaired) electrons. The maximum absolute atomic E-state index is 13.7. The molecule has 4 aromatic heterocycles. The molecule has 14 heteroatoms. The van der Waals surface area contributed by atoms with Crippen molar-refractivity contribution in [3.8, 4) is 22.6 Å². The van der Waals surface area contributed by atoms with Gasteiger partial charge in [-0.25, -0.2) is 18.9 Å². The minimum absolute atomic E-state index is 0.105. The van der Waals surface area contributed by atoms with Gasteiger partial charge in [-0.3, -0.25) is 9.78 Å². The Balaban J connectivity index is 1.30. The minimum atomic E-state index is -4.67. The number of carbonyl (C=O) groups excluding carboxylic acids is 1. The molecule has 5 aromatic rings. The Morgan fingerprint density at radius 2 is 1.77 bits per heavy atom. The lowest BCUT2D eigenvalue weighted by Crippen LogP contribution is -2.44. The van der Waals surface area contributed by atoms with Crippen molar-refractivity contribution < 1.29 is 27.5 Å². The van der Waals surface area contributed by atoms with Crippen LogP contribution in [0.3, 0.4) is 0 Å². The van der Waals surface area contributed by atoms with Gasteiger partial charge in [-0.15, -0.1) is 0 Å². The summed E-state index contributed by atoms with van der Waals surface area (Å²) in [6.45, 7) is 0.234. The number of hydrogen-bond donors (Lipinski definition) is 2. The fourth-order valence-corrected chi connectivity index (χ4v) is 5.20. The molecule has 1 amide bonds. The highest BCUT2D eigenvalue weighted by Gasteiger charge is 2.39. The highest BCUT2D eigenvalue weighted by Crippen LogP contribution is 2.36. The van der Waals surface area contributed by atoms with E-state index in [2.05, 4.69) is 20.3 Å². The summed E-state index contributed by atoms with van der Waals surface area (Å²) >= 11 is 0. The average Bonchev–Trinajstić information content (AvgIpc) is 3.61. The number of aliphatic hydroxyl groups excluding tert-OH is 1. The van der Waals surface area contributed by atoms with Crippen LogP contribution < -0.4 is 5.32 Å². The zero-order valence-electron chi connectivity index (χ0n) is 22.6. The molecule has 0 bridgehead atoms. The van der Waals surface area contributed by atoms with Crippen molar-refractivity contribution in [1.82, 2.24) is 34.0 Å². The monoisotopic (exact) mass is 594 g/mol. The van der Waals surface area contributed by atoms with Crippen LogP contribution in [0.2, 0.25) is 0 Å². The van der Waals surface area contributed by atoms with Crippen LogP contribution in [0.1, 0.15) is 29.2 Å². The first kappa shape index (κ1) is 28.4. The summed E-state index contributed by atoms with van der Waals surface area (Å²) in [4.78, 5) is 27.2. The van der Waals surface area contributed by atoms with Crippen molar-refractivity contribution >= 4 is 17.4 Å². The van der Waals surface area contributed by atoms with Crippen LogP contribution in [0.5, 0.6) is 0 Å². The van der Waals surface area contributed by atoms with Crippen LogP contribution in [0.15, 0.2) is 73.4 Å². The number of alkyl halides is 3. The summed E-state index contributed by atoms with van der Waals surface area (Å²) in [6, 6.07) is 12.5. The van der Waals surface area contributed by atoms with E-state index in [-0.39, 0.29) is 11.9 Å². The Morgan fingerprint density at radius 3 is 2.47 bits per heavy atom. The number of aromatic nitrogens is 6. The van der Waals surface area contributed by atoms with Gasteiger partial charge in [0, 0.05) is 49.2 Å². The molecule has 0 spiro atoms. The lowest BCUT2D eigenvalue weighted by molar-refractivity contribution is -0.208. The van der Waals surface area contributed by atoms with Crippen LogP contribution >= 0.6 is 0 Å². The molecular weight excluding hydrogens is 568 g/mol. The number of rotatable bonds is 7. The number of halogens is 4. The number of imidazole rings is 2. The van der Waals surface area contributed by atoms with Gasteiger partial charge in [0.1, 0.15) is 11.5 Å². The number of amides is 1. The molecule has 43 heavy (non-hydrogen) atoms. The minimum Gasteiger partial charge on any atom is -0.382 e. The van der Waals surface area contributed by atoms with E-state index in [1.807, 2.05) is 4.57 Å². The van der Waals surface area contributed by atoms with E-state index in [0.717, 1.165) is 0 Å². The number of nitrogens with zero attached hydrogens (tertiary/aromatic N) is 7. The summed E-state index contributed by atoms with van der Waals surface area (Å²) in [7, 11) is 0. The molecule has 2 N–H and O–H groups in total. The Bertz CT molecular complexity index is 1730. The SMILES string of the molecule is O=C(Nc1cn2nc(-c3c(-c4ccc(F)cc4)ncn3C3CCN(CC(O)C(F)(F)F)CC3)ccc2n1)c1ccncc1. The molecule has 5 heterocycles. The van der Waals surface area contributed by atoms with E-state index in [9.17, 15) is 27.5 Å². The summed E-state index contributed by atoms with van der Waals surface area (Å²) in [5.41, 5.74) is 3.32. The number of hydrogen-bond acceptors (Lipinski definition) is 7. The quantitative estimate of drug-likeness (QED) is 0.265. The second kappa shape index (κ2) is 11.5. The molecule has 1 saturated heterocycles. The molecule has 222 valence electrons. The molecule has 1 aliphatic heterocycles. The topological polar surface area (TPSA) is 113 Å². The first-order valence-corrected chi connectivity index (χ1v) is 13.5. The van der Waals surface area contributed by atoms with Crippen molar-refractivity contribution in [1.29, 1.82) is 0 Å². The number of benzene rings is 1. The van der Waals surface area contributed by atoms with E-state index in [1.54, 1.807) is 53.8 Å². The van der Waals surface area contributed by atoms with E-state index in [1.165, 1.54) is 29.0 Å². The van der Waals surface area contributed by atoms with Crippen LogP contribution in [0.25, 0.3) is 28.3 Å². The van der Waals surface area contributed by atoms with Crippen LogP contribution in [0, 0.1) is 5.82 Å². The molecule has 1 aromatic carbocycles. The summed E-state index contributed by atoms with van der Waals surface area (Å²) in [5.74, 6) is -0.443. The van der Waals surface area contributed by atoms with Gasteiger partial charge in [0.05, 0.1) is 23.9 Å². The molecule has 10 nitrogen and oxygen atoms in total. The zero-order chi connectivity index (χ0) is 30.1. The van der Waals surface area contributed by atoms with Gasteiger partial charge < -0.3 is 19.9 Å². The Morgan fingerprint density at radius 1 is 1.05 bits per heavy atom. The highest BCUT2D eigenvalue weighted by atomic mass is 19.4. The second-order valence-corrected chi connectivity index (χ2v) is 10.3. The van der Waals surface area contributed by atoms with E-state index >= 15 is 0 Å². The number of aliphatic hydroxyl groups is 1. The number of likely N-dealkylation sites (tertiary alicyclic amines) is 1. The Labute approximate surface area is 242 Å². The number of nitrogens with one attached hydrogen (secondary N) is 1. The predicted octanol–water partition coefficient (Wildman–Crippen LogP) is 4.61. The third kappa shape index (κ3) is 6.10. The maximum Gasteiger partial charge on any atom is 0.415 e.